The number of carbonyl (C=O) groups is 2. The second kappa shape index (κ2) is 6.58. The van der Waals surface area contributed by atoms with Crippen LogP contribution in [-0.2, 0) is 4.79 Å². The monoisotopic (exact) mass is 291 g/mol. The molecule has 0 saturated heterocycles. The van der Waals surface area contributed by atoms with E-state index in [9.17, 15) is 9.59 Å². The second-order valence-electron chi connectivity index (χ2n) is 5.32. The molecule has 0 spiro atoms. The Morgan fingerprint density at radius 1 is 1.29 bits per heavy atom. The molecule has 5 N–H and O–H groups in total. The molecule has 6 nitrogen and oxygen atoms in total. The minimum absolute atomic E-state index is 0.121. The lowest BCUT2D eigenvalue weighted by Crippen LogP contribution is -2.40. The lowest BCUT2D eigenvalue weighted by molar-refractivity contribution is -0.121. The van der Waals surface area contributed by atoms with Crippen LogP contribution in [-0.4, -0.2) is 25.0 Å². The predicted molar refractivity (Wildman–Crippen MR) is 80.1 cm³/mol. The smallest absolute Gasteiger partial charge is 0.248 e. The number of rotatable bonds is 4. The van der Waals surface area contributed by atoms with Crippen molar-refractivity contribution in [2.24, 2.45) is 17.4 Å². The van der Waals surface area contributed by atoms with Crippen LogP contribution in [0.3, 0.4) is 0 Å². The lowest BCUT2D eigenvalue weighted by atomic mass is 9.84. The number of amides is 2. The van der Waals surface area contributed by atoms with E-state index in [1.165, 1.54) is 13.2 Å². The fourth-order valence-electron chi connectivity index (χ4n) is 2.67. The Labute approximate surface area is 123 Å². The molecule has 1 aliphatic rings. The zero-order chi connectivity index (χ0) is 15.4. The van der Waals surface area contributed by atoms with Crippen LogP contribution in [0.2, 0.25) is 0 Å². The predicted octanol–water partition coefficient (Wildman–Crippen LogP) is 1.25. The Hall–Kier alpha value is -2.08. The molecular formula is C15H21N3O3. The highest BCUT2D eigenvalue weighted by Gasteiger charge is 2.28. The lowest BCUT2D eigenvalue weighted by Gasteiger charge is -2.27. The summed E-state index contributed by atoms with van der Waals surface area (Å²) in [4.78, 5) is 23.6. The molecular weight excluding hydrogens is 270 g/mol. The van der Waals surface area contributed by atoms with E-state index in [2.05, 4.69) is 5.32 Å². The number of hydrogen-bond donors (Lipinski definition) is 3. The highest BCUT2D eigenvalue weighted by atomic mass is 16.5. The Balaban J connectivity index is 2.19. The number of hydrogen-bond acceptors (Lipinski definition) is 4. The summed E-state index contributed by atoms with van der Waals surface area (Å²) in [5.41, 5.74) is 12.0. The molecule has 1 aromatic rings. The van der Waals surface area contributed by atoms with Gasteiger partial charge in [-0.3, -0.25) is 9.59 Å². The molecule has 2 amide bonds. The van der Waals surface area contributed by atoms with Crippen molar-refractivity contribution in [1.29, 1.82) is 0 Å². The summed E-state index contributed by atoms with van der Waals surface area (Å²) in [7, 11) is 1.50. The van der Waals surface area contributed by atoms with E-state index in [1.807, 2.05) is 0 Å². The van der Waals surface area contributed by atoms with Crippen LogP contribution in [0, 0.1) is 5.92 Å². The minimum Gasteiger partial charge on any atom is -0.495 e. The van der Waals surface area contributed by atoms with Gasteiger partial charge in [0.2, 0.25) is 11.8 Å². The largest absolute Gasteiger partial charge is 0.495 e. The summed E-state index contributed by atoms with van der Waals surface area (Å²) in [6.07, 6.45) is 3.71. The number of methoxy groups -OCH3 is 1. The third-order valence-corrected chi connectivity index (χ3v) is 3.90. The second-order valence-corrected chi connectivity index (χ2v) is 5.32. The number of nitrogens with one attached hydrogen (secondary N) is 1. The maximum Gasteiger partial charge on any atom is 0.248 e. The molecule has 21 heavy (non-hydrogen) atoms. The minimum atomic E-state index is -0.553. The molecule has 2 rings (SSSR count). The van der Waals surface area contributed by atoms with E-state index in [0.29, 0.717) is 17.0 Å². The van der Waals surface area contributed by atoms with Crippen molar-refractivity contribution in [3.63, 3.8) is 0 Å². The van der Waals surface area contributed by atoms with Crippen LogP contribution in [0.25, 0.3) is 0 Å². The van der Waals surface area contributed by atoms with Gasteiger partial charge in [0.25, 0.3) is 0 Å². The molecule has 1 saturated carbocycles. The van der Waals surface area contributed by atoms with Gasteiger partial charge in [-0.25, -0.2) is 0 Å². The van der Waals surface area contributed by atoms with Gasteiger partial charge in [-0.1, -0.05) is 12.8 Å². The van der Waals surface area contributed by atoms with Crippen molar-refractivity contribution in [2.75, 3.05) is 12.4 Å². The van der Waals surface area contributed by atoms with Gasteiger partial charge < -0.3 is 21.5 Å². The summed E-state index contributed by atoms with van der Waals surface area (Å²) < 4.78 is 5.20. The Morgan fingerprint density at radius 3 is 2.62 bits per heavy atom. The van der Waals surface area contributed by atoms with E-state index >= 15 is 0 Å². The number of benzene rings is 1. The molecule has 0 aromatic heterocycles. The third-order valence-electron chi connectivity index (χ3n) is 3.90. The number of nitrogens with two attached hydrogens (primary N) is 2. The summed E-state index contributed by atoms with van der Waals surface area (Å²) in [6, 6.07) is 4.57. The van der Waals surface area contributed by atoms with Crippen LogP contribution in [0.1, 0.15) is 36.0 Å². The van der Waals surface area contributed by atoms with E-state index in [0.717, 1.165) is 25.7 Å². The SMILES string of the molecule is COc1ccc(C(N)=O)cc1NC(=O)C1CCCCC1N. The quantitative estimate of drug-likeness (QED) is 0.775. The Morgan fingerprint density at radius 2 is 2.00 bits per heavy atom. The molecule has 0 heterocycles. The number of ether oxygens (including phenoxy) is 1. The van der Waals surface area contributed by atoms with E-state index in [4.69, 9.17) is 16.2 Å². The van der Waals surface area contributed by atoms with E-state index < -0.39 is 5.91 Å². The standard InChI is InChI=1S/C15H21N3O3/c1-21-13-7-6-9(14(17)19)8-12(13)18-15(20)10-4-2-3-5-11(10)16/h6-8,10-11H,2-5,16H2,1H3,(H2,17,19)(H,18,20). The average molecular weight is 291 g/mol. The van der Waals surface area contributed by atoms with Gasteiger partial charge in [-0.05, 0) is 31.0 Å². The normalized spacial score (nSPS) is 21.6. The Bertz CT molecular complexity index is 545. The fraction of sp³-hybridized carbons (Fsp3) is 0.467. The van der Waals surface area contributed by atoms with E-state index in [1.54, 1.807) is 12.1 Å². The first-order chi connectivity index (χ1) is 10.0. The maximum absolute atomic E-state index is 12.4. The first-order valence-corrected chi connectivity index (χ1v) is 7.07. The molecule has 1 aromatic carbocycles. The summed E-state index contributed by atoms with van der Waals surface area (Å²) in [5, 5.41) is 2.81. The Kier molecular flexibility index (Phi) is 4.80. The van der Waals surface area contributed by atoms with Crippen LogP contribution in [0.15, 0.2) is 18.2 Å². The number of anilines is 1. The van der Waals surface area contributed by atoms with Crippen molar-refractivity contribution in [3.8, 4) is 5.75 Å². The zero-order valence-electron chi connectivity index (χ0n) is 12.1. The van der Waals surface area contributed by atoms with Gasteiger partial charge in [-0.15, -0.1) is 0 Å². The summed E-state index contributed by atoms with van der Waals surface area (Å²) in [5.74, 6) is -0.414. The van der Waals surface area contributed by atoms with Crippen LogP contribution in [0.4, 0.5) is 5.69 Å². The molecule has 2 unspecified atom stereocenters. The highest BCUT2D eigenvalue weighted by molar-refractivity contribution is 5.98. The zero-order valence-corrected chi connectivity index (χ0v) is 12.1. The first-order valence-electron chi connectivity index (χ1n) is 7.07. The van der Waals surface area contributed by atoms with Crippen LogP contribution < -0.4 is 21.5 Å². The highest BCUT2D eigenvalue weighted by Crippen LogP contribution is 2.28. The molecule has 6 heteroatoms. The molecule has 2 atom stereocenters. The van der Waals surface area contributed by atoms with Gasteiger partial charge in [0.05, 0.1) is 18.7 Å². The molecule has 0 bridgehead atoms. The van der Waals surface area contributed by atoms with Gasteiger partial charge in [0.1, 0.15) is 5.75 Å². The molecule has 0 radical (unpaired) electrons. The summed E-state index contributed by atoms with van der Waals surface area (Å²) in [6.45, 7) is 0. The molecule has 114 valence electrons. The topological polar surface area (TPSA) is 107 Å². The van der Waals surface area contributed by atoms with Crippen molar-refractivity contribution in [3.05, 3.63) is 23.8 Å². The van der Waals surface area contributed by atoms with Gasteiger partial charge in [0, 0.05) is 11.6 Å². The van der Waals surface area contributed by atoms with Crippen molar-refractivity contribution in [1.82, 2.24) is 0 Å². The third kappa shape index (κ3) is 3.52. The average Bonchev–Trinajstić information content (AvgIpc) is 2.47. The number of primary amides is 1. The maximum atomic E-state index is 12.4. The van der Waals surface area contributed by atoms with Crippen LogP contribution in [0.5, 0.6) is 5.75 Å². The molecule has 1 aliphatic carbocycles. The number of carbonyl (C=O) groups excluding carboxylic acids is 2. The van der Waals surface area contributed by atoms with Crippen molar-refractivity contribution < 1.29 is 14.3 Å². The van der Waals surface area contributed by atoms with Crippen LogP contribution >= 0.6 is 0 Å². The van der Waals surface area contributed by atoms with Gasteiger partial charge in [-0.2, -0.15) is 0 Å². The van der Waals surface area contributed by atoms with Crippen molar-refractivity contribution in [2.45, 2.75) is 31.7 Å². The van der Waals surface area contributed by atoms with E-state index in [-0.39, 0.29) is 17.9 Å². The van der Waals surface area contributed by atoms with Gasteiger partial charge >= 0.3 is 0 Å². The fourth-order valence-corrected chi connectivity index (χ4v) is 2.67. The molecule has 1 fully saturated rings. The van der Waals surface area contributed by atoms with Gasteiger partial charge in [0.15, 0.2) is 0 Å². The molecule has 0 aliphatic heterocycles. The van der Waals surface area contributed by atoms with Crippen molar-refractivity contribution >= 4 is 17.5 Å². The first kappa shape index (κ1) is 15.3. The summed E-state index contributed by atoms with van der Waals surface area (Å²) >= 11 is 0.